The van der Waals surface area contributed by atoms with Crippen LogP contribution in [0.3, 0.4) is 0 Å². The number of nitrogens with zero attached hydrogens (tertiary/aromatic N) is 2. The molecule has 4 nitrogen and oxygen atoms in total. The fourth-order valence-electron chi connectivity index (χ4n) is 3.29. The largest absolute Gasteiger partial charge is 0.494 e. The first kappa shape index (κ1) is 18.9. The van der Waals surface area contributed by atoms with Gasteiger partial charge in [-0.3, -0.25) is 0 Å². The number of hydrogen-bond acceptors (Lipinski definition) is 5. The smallest absolute Gasteiger partial charge is 0.142 e. The summed E-state index contributed by atoms with van der Waals surface area (Å²) in [6, 6.07) is 8.13. The maximum atomic E-state index is 5.73. The first-order chi connectivity index (χ1) is 12.3. The molecular weight excluding hydrogens is 366 g/mol. The van der Waals surface area contributed by atoms with Crippen LogP contribution in [0.5, 0.6) is 5.75 Å². The van der Waals surface area contributed by atoms with E-state index in [1.807, 2.05) is 35.6 Å². The molecule has 0 radical (unpaired) electrons. The SMILES string of the molecule is CCCCOc1ccc(Nc2ncnc3sc4c(c23)CCCC4)cc1.Cl. The van der Waals surface area contributed by atoms with Gasteiger partial charge >= 0.3 is 0 Å². The quantitative estimate of drug-likeness (QED) is 0.532. The van der Waals surface area contributed by atoms with Crippen molar-refractivity contribution in [3.8, 4) is 5.75 Å². The minimum absolute atomic E-state index is 0. The minimum atomic E-state index is 0. The van der Waals surface area contributed by atoms with E-state index < -0.39 is 0 Å². The summed E-state index contributed by atoms with van der Waals surface area (Å²) in [5.74, 6) is 1.84. The molecular formula is C20H24ClN3OS. The summed E-state index contributed by atoms with van der Waals surface area (Å²) < 4.78 is 5.73. The van der Waals surface area contributed by atoms with Gasteiger partial charge < -0.3 is 10.1 Å². The molecule has 2 aromatic heterocycles. The van der Waals surface area contributed by atoms with Crippen molar-refractivity contribution in [1.82, 2.24) is 9.97 Å². The Labute approximate surface area is 164 Å². The molecule has 1 N–H and O–H groups in total. The number of benzene rings is 1. The molecule has 0 fully saturated rings. The Morgan fingerprint density at radius 1 is 1.12 bits per heavy atom. The van der Waals surface area contributed by atoms with Crippen LogP contribution in [0, 0.1) is 0 Å². The number of unbranched alkanes of at least 4 members (excludes halogenated alkanes) is 1. The van der Waals surface area contributed by atoms with Crippen LogP contribution in [0.4, 0.5) is 11.5 Å². The first-order valence-electron chi connectivity index (χ1n) is 9.10. The van der Waals surface area contributed by atoms with E-state index in [1.165, 1.54) is 35.1 Å². The van der Waals surface area contributed by atoms with Crippen molar-refractivity contribution in [2.45, 2.75) is 45.4 Å². The Kier molecular flexibility index (Phi) is 6.33. The Morgan fingerprint density at radius 2 is 1.92 bits per heavy atom. The van der Waals surface area contributed by atoms with E-state index in [1.54, 1.807) is 6.33 Å². The Hall–Kier alpha value is -1.85. The molecule has 26 heavy (non-hydrogen) atoms. The molecule has 0 aliphatic heterocycles. The molecule has 0 saturated heterocycles. The summed E-state index contributed by atoms with van der Waals surface area (Å²) in [5.41, 5.74) is 2.48. The third kappa shape index (κ3) is 3.94. The van der Waals surface area contributed by atoms with Gasteiger partial charge in [-0.05, 0) is 61.9 Å². The van der Waals surface area contributed by atoms with Crippen LogP contribution in [-0.4, -0.2) is 16.6 Å². The normalized spacial score (nSPS) is 13.1. The average molecular weight is 390 g/mol. The topological polar surface area (TPSA) is 47.0 Å². The molecule has 1 aliphatic rings. The molecule has 0 saturated carbocycles. The van der Waals surface area contributed by atoms with Crippen LogP contribution in [0.1, 0.15) is 43.0 Å². The lowest BCUT2D eigenvalue weighted by Crippen LogP contribution is -2.01. The Bertz CT molecular complexity index is 863. The molecule has 138 valence electrons. The third-order valence-corrected chi connectivity index (χ3v) is 5.83. The molecule has 0 spiro atoms. The van der Waals surface area contributed by atoms with Crippen LogP contribution >= 0.6 is 23.7 Å². The number of aryl methyl sites for hydroxylation is 2. The molecule has 1 aromatic carbocycles. The van der Waals surface area contributed by atoms with E-state index in [2.05, 4.69) is 22.2 Å². The molecule has 3 aromatic rings. The number of thiophene rings is 1. The van der Waals surface area contributed by atoms with Gasteiger partial charge in [0.15, 0.2) is 0 Å². The third-order valence-electron chi connectivity index (χ3n) is 4.64. The van der Waals surface area contributed by atoms with Crippen LogP contribution in [0.15, 0.2) is 30.6 Å². The lowest BCUT2D eigenvalue weighted by Gasteiger charge is -2.13. The predicted octanol–water partition coefficient (Wildman–Crippen LogP) is 5.91. The molecule has 0 atom stereocenters. The summed E-state index contributed by atoms with van der Waals surface area (Å²) >= 11 is 1.83. The van der Waals surface area contributed by atoms with Gasteiger partial charge in [0.25, 0.3) is 0 Å². The van der Waals surface area contributed by atoms with Gasteiger partial charge in [0.2, 0.25) is 0 Å². The van der Waals surface area contributed by atoms with Crippen molar-refractivity contribution in [1.29, 1.82) is 0 Å². The second kappa shape index (κ2) is 8.69. The Balaban J connectivity index is 0.00000196. The van der Waals surface area contributed by atoms with Crippen molar-refractivity contribution in [3.63, 3.8) is 0 Å². The van der Waals surface area contributed by atoms with E-state index in [9.17, 15) is 0 Å². The summed E-state index contributed by atoms with van der Waals surface area (Å²) in [6.07, 6.45) is 8.76. The molecule has 6 heteroatoms. The van der Waals surface area contributed by atoms with Crippen molar-refractivity contribution in [2.24, 2.45) is 0 Å². The summed E-state index contributed by atoms with van der Waals surface area (Å²) in [4.78, 5) is 11.6. The number of halogens is 1. The number of hydrogen-bond donors (Lipinski definition) is 1. The summed E-state index contributed by atoms with van der Waals surface area (Å²) in [7, 11) is 0. The van der Waals surface area contributed by atoms with E-state index in [0.717, 1.165) is 48.0 Å². The number of anilines is 2. The Morgan fingerprint density at radius 3 is 2.73 bits per heavy atom. The highest BCUT2D eigenvalue weighted by molar-refractivity contribution is 7.19. The van der Waals surface area contributed by atoms with Crippen LogP contribution in [-0.2, 0) is 12.8 Å². The van der Waals surface area contributed by atoms with Gasteiger partial charge in [0.1, 0.15) is 22.7 Å². The molecule has 1 aliphatic carbocycles. The lowest BCUT2D eigenvalue weighted by molar-refractivity contribution is 0.309. The van der Waals surface area contributed by atoms with Crippen molar-refractivity contribution in [3.05, 3.63) is 41.0 Å². The van der Waals surface area contributed by atoms with Gasteiger partial charge in [-0.2, -0.15) is 0 Å². The molecule has 0 bridgehead atoms. The maximum absolute atomic E-state index is 5.73. The minimum Gasteiger partial charge on any atom is -0.494 e. The number of rotatable bonds is 6. The van der Waals surface area contributed by atoms with Crippen LogP contribution in [0.2, 0.25) is 0 Å². The highest BCUT2D eigenvalue weighted by atomic mass is 35.5. The highest BCUT2D eigenvalue weighted by Gasteiger charge is 2.19. The molecule has 2 heterocycles. The number of nitrogens with one attached hydrogen (secondary N) is 1. The van der Waals surface area contributed by atoms with Gasteiger partial charge in [-0.15, -0.1) is 23.7 Å². The monoisotopic (exact) mass is 389 g/mol. The van der Waals surface area contributed by atoms with Crippen LogP contribution < -0.4 is 10.1 Å². The number of aromatic nitrogens is 2. The van der Waals surface area contributed by atoms with E-state index in [-0.39, 0.29) is 12.4 Å². The number of ether oxygens (including phenoxy) is 1. The van der Waals surface area contributed by atoms with Crippen molar-refractivity contribution in [2.75, 3.05) is 11.9 Å². The number of fused-ring (bicyclic) bond motifs is 3. The maximum Gasteiger partial charge on any atom is 0.142 e. The zero-order valence-corrected chi connectivity index (χ0v) is 16.6. The summed E-state index contributed by atoms with van der Waals surface area (Å²) in [6.45, 7) is 2.94. The highest BCUT2D eigenvalue weighted by Crippen LogP contribution is 2.38. The standard InChI is InChI=1S/C20H23N3OS.ClH/c1-2-3-12-24-15-10-8-14(9-11-15)23-19-18-16-6-4-5-7-17(16)25-20(18)22-13-21-19;/h8-11,13H,2-7,12H2,1H3,(H,21,22,23);1H. The summed E-state index contributed by atoms with van der Waals surface area (Å²) in [5, 5.41) is 4.69. The second-order valence-electron chi connectivity index (χ2n) is 6.46. The predicted molar refractivity (Wildman–Crippen MR) is 111 cm³/mol. The molecule has 4 rings (SSSR count). The van der Waals surface area contributed by atoms with Gasteiger partial charge in [-0.25, -0.2) is 9.97 Å². The zero-order valence-electron chi connectivity index (χ0n) is 15.0. The van der Waals surface area contributed by atoms with E-state index in [0.29, 0.717) is 0 Å². The van der Waals surface area contributed by atoms with Crippen LogP contribution in [0.25, 0.3) is 10.2 Å². The van der Waals surface area contributed by atoms with Gasteiger partial charge in [0.05, 0.1) is 12.0 Å². The van der Waals surface area contributed by atoms with Crippen molar-refractivity contribution >= 4 is 45.5 Å². The van der Waals surface area contributed by atoms with E-state index >= 15 is 0 Å². The van der Waals surface area contributed by atoms with Gasteiger partial charge in [-0.1, -0.05) is 13.3 Å². The zero-order chi connectivity index (χ0) is 17.1. The fraction of sp³-hybridized carbons (Fsp3) is 0.400. The van der Waals surface area contributed by atoms with E-state index in [4.69, 9.17) is 4.74 Å². The lowest BCUT2D eigenvalue weighted by atomic mass is 9.97. The molecule has 0 unspecified atom stereocenters. The average Bonchev–Trinajstić information content (AvgIpc) is 3.03. The first-order valence-corrected chi connectivity index (χ1v) is 9.92. The molecule has 0 amide bonds. The second-order valence-corrected chi connectivity index (χ2v) is 7.55. The fourth-order valence-corrected chi connectivity index (χ4v) is 4.52. The van der Waals surface area contributed by atoms with Gasteiger partial charge in [0, 0.05) is 10.6 Å². The van der Waals surface area contributed by atoms with Crippen molar-refractivity contribution < 1.29 is 4.74 Å².